The highest BCUT2D eigenvalue weighted by Gasteiger charge is 2.38. The number of pyridine rings is 1. The summed E-state index contributed by atoms with van der Waals surface area (Å²) in [4.78, 5) is 26.8. The van der Waals surface area contributed by atoms with Crippen molar-refractivity contribution in [1.82, 2.24) is 15.2 Å². The van der Waals surface area contributed by atoms with Crippen LogP contribution in [0.5, 0.6) is 0 Å². The lowest BCUT2D eigenvalue weighted by molar-refractivity contribution is -0.192. The Bertz CT molecular complexity index is 1020. The molecule has 15 heteroatoms. The summed E-state index contributed by atoms with van der Waals surface area (Å²) in [6.07, 6.45) is -4.02. The average molecular weight is 538 g/mol. The van der Waals surface area contributed by atoms with Gasteiger partial charge in [-0.15, -0.1) is 0 Å². The lowest BCUT2D eigenvalue weighted by Gasteiger charge is -2.37. The second-order valence-electron chi connectivity index (χ2n) is 7.03. The molecule has 1 aromatic carbocycles. The summed E-state index contributed by atoms with van der Waals surface area (Å²) in [6, 6.07) is 12.3. The molecule has 1 saturated heterocycles. The van der Waals surface area contributed by atoms with Crippen LogP contribution in [0.4, 0.5) is 23.7 Å². The monoisotopic (exact) mass is 537 g/mol. The largest absolute Gasteiger partial charge is 0.755 e. The summed E-state index contributed by atoms with van der Waals surface area (Å²) < 4.78 is 61.6. The maximum Gasteiger partial charge on any atom is 0.490 e. The number of carbonyl (C=O) groups excluding carboxylic acids is 1. The van der Waals surface area contributed by atoms with Crippen molar-refractivity contribution in [2.75, 3.05) is 30.5 Å². The van der Waals surface area contributed by atoms with Crippen LogP contribution in [0.2, 0.25) is 5.15 Å². The SMILES string of the molecule is O=C(O)C(F)(F)F.O=C(OCc1ccccc1)N1CCNC(CN(c2cccnc2Cl)S(=O)[O-])C1. The van der Waals surface area contributed by atoms with Gasteiger partial charge in [0.25, 0.3) is 0 Å². The van der Waals surface area contributed by atoms with Crippen molar-refractivity contribution in [3.8, 4) is 0 Å². The topological polar surface area (TPSA) is 135 Å². The molecule has 2 heterocycles. The van der Waals surface area contributed by atoms with Gasteiger partial charge < -0.3 is 24.6 Å². The molecule has 2 aromatic rings. The first-order valence-corrected chi connectivity index (χ1v) is 11.4. The Morgan fingerprint density at radius 3 is 2.51 bits per heavy atom. The number of rotatable bonds is 6. The van der Waals surface area contributed by atoms with E-state index in [0.717, 1.165) is 9.87 Å². The molecule has 35 heavy (non-hydrogen) atoms. The number of piperazine rings is 1. The number of carbonyl (C=O) groups is 2. The number of carboxylic acid groups (broad SMARTS) is 1. The van der Waals surface area contributed by atoms with E-state index in [2.05, 4.69) is 10.3 Å². The smallest absolute Gasteiger partial charge is 0.490 e. The van der Waals surface area contributed by atoms with Crippen molar-refractivity contribution in [3.05, 3.63) is 59.4 Å². The van der Waals surface area contributed by atoms with E-state index in [0.29, 0.717) is 25.3 Å². The third kappa shape index (κ3) is 9.32. The van der Waals surface area contributed by atoms with Crippen molar-refractivity contribution < 1.29 is 41.4 Å². The van der Waals surface area contributed by atoms with Gasteiger partial charge in [0.05, 0.1) is 5.69 Å². The Morgan fingerprint density at radius 2 is 1.94 bits per heavy atom. The summed E-state index contributed by atoms with van der Waals surface area (Å²) in [6.45, 7) is 1.64. The number of hydrogen-bond donors (Lipinski definition) is 2. The van der Waals surface area contributed by atoms with Gasteiger partial charge in [-0.05, 0) is 17.7 Å². The molecule has 1 amide bonds. The number of nitrogens with one attached hydrogen (secondary N) is 1. The lowest BCUT2D eigenvalue weighted by atomic mass is 10.2. The minimum absolute atomic E-state index is 0.0987. The van der Waals surface area contributed by atoms with Gasteiger partial charge in [-0.2, -0.15) is 13.2 Å². The number of aliphatic carboxylic acids is 1. The van der Waals surface area contributed by atoms with Gasteiger partial charge in [0.1, 0.15) is 6.61 Å². The fourth-order valence-corrected chi connectivity index (χ4v) is 3.81. The van der Waals surface area contributed by atoms with Gasteiger partial charge in [0.2, 0.25) is 0 Å². The normalized spacial score (nSPS) is 16.5. The van der Waals surface area contributed by atoms with Crippen molar-refractivity contribution >= 4 is 40.6 Å². The minimum atomic E-state index is -5.08. The minimum Gasteiger partial charge on any atom is -0.755 e. The van der Waals surface area contributed by atoms with E-state index in [1.807, 2.05) is 30.3 Å². The molecule has 1 aromatic heterocycles. The maximum absolute atomic E-state index is 12.4. The summed E-state index contributed by atoms with van der Waals surface area (Å²) in [5.41, 5.74) is 1.20. The molecule has 0 radical (unpaired) electrons. The molecule has 2 atom stereocenters. The molecule has 0 bridgehead atoms. The molecular weight excluding hydrogens is 517 g/mol. The summed E-state index contributed by atoms with van der Waals surface area (Å²) in [5, 5.41) is 10.4. The zero-order valence-electron chi connectivity index (χ0n) is 18.0. The molecule has 0 aliphatic carbocycles. The summed E-state index contributed by atoms with van der Waals surface area (Å²) in [7, 11) is 0. The van der Waals surface area contributed by atoms with Crippen molar-refractivity contribution in [2.45, 2.75) is 18.8 Å². The molecule has 2 N–H and O–H groups in total. The van der Waals surface area contributed by atoms with E-state index in [-0.39, 0.29) is 24.3 Å². The molecular formula is C20H21ClF3N4O6S-. The van der Waals surface area contributed by atoms with Crippen LogP contribution in [0.15, 0.2) is 48.7 Å². The Labute approximate surface area is 206 Å². The van der Waals surface area contributed by atoms with Crippen LogP contribution in [0.3, 0.4) is 0 Å². The molecule has 1 aliphatic rings. The molecule has 0 spiro atoms. The number of halogens is 4. The highest BCUT2D eigenvalue weighted by Crippen LogP contribution is 2.24. The highest BCUT2D eigenvalue weighted by molar-refractivity contribution is 7.80. The van der Waals surface area contributed by atoms with Gasteiger partial charge in [0, 0.05) is 49.7 Å². The van der Waals surface area contributed by atoms with E-state index in [9.17, 15) is 26.7 Å². The maximum atomic E-state index is 12.4. The third-order valence-corrected chi connectivity index (χ3v) is 5.53. The molecule has 1 fully saturated rings. The summed E-state index contributed by atoms with van der Waals surface area (Å²) >= 11 is 3.50. The molecule has 0 saturated carbocycles. The van der Waals surface area contributed by atoms with Crippen LogP contribution in [0.1, 0.15) is 5.56 Å². The zero-order valence-corrected chi connectivity index (χ0v) is 19.6. The van der Waals surface area contributed by atoms with Gasteiger partial charge in [0.15, 0.2) is 5.15 Å². The molecule has 3 rings (SSSR count). The highest BCUT2D eigenvalue weighted by atomic mass is 35.5. The quantitative estimate of drug-likeness (QED) is 0.424. The molecule has 1 aliphatic heterocycles. The van der Waals surface area contributed by atoms with E-state index < -0.39 is 29.5 Å². The van der Waals surface area contributed by atoms with Crippen LogP contribution in [-0.2, 0) is 27.4 Å². The Morgan fingerprint density at radius 1 is 1.29 bits per heavy atom. The van der Waals surface area contributed by atoms with Gasteiger partial charge in [-0.1, -0.05) is 41.9 Å². The number of alkyl halides is 3. The second-order valence-corrected chi connectivity index (χ2v) is 8.26. The fraction of sp³-hybridized carbons (Fsp3) is 0.350. The predicted molar refractivity (Wildman–Crippen MR) is 119 cm³/mol. The third-order valence-electron chi connectivity index (χ3n) is 4.54. The molecule has 2 unspecified atom stereocenters. The molecule has 10 nitrogen and oxygen atoms in total. The zero-order chi connectivity index (χ0) is 26.0. The van der Waals surface area contributed by atoms with Crippen LogP contribution in [0.25, 0.3) is 0 Å². The second kappa shape index (κ2) is 13.2. The van der Waals surface area contributed by atoms with Gasteiger partial charge in [-0.25, -0.2) is 14.6 Å². The summed E-state index contributed by atoms with van der Waals surface area (Å²) in [5.74, 6) is -2.76. The predicted octanol–water partition coefficient (Wildman–Crippen LogP) is 2.58. The number of aromatic nitrogens is 1. The number of benzene rings is 1. The first-order chi connectivity index (χ1) is 16.5. The first kappa shape index (κ1) is 28.3. The van der Waals surface area contributed by atoms with Gasteiger partial charge >= 0.3 is 18.2 Å². The number of amides is 1. The number of ether oxygens (including phenoxy) is 1. The Kier molecular flexibility index (Phi) is 10.7. The van der Waals surface area contributed by atoms with Crippen LogP contribution in [0, 0.1) is 0 Å². The first-order valence-electron chi connectivity index (χ1n) is 9.95. The Hall–Kier alpha value is -2.94. The number of anilines is 1. The van der Waals surface area contributed by atoms with Crippen molar-refractivity contribution in [3.63, 3.8) is 0 Å². The van der Waals surface area contributed by atoms with Crippen molar-refractivity contribution in [1.29, 1.82) is 0 Å². The van der Waals surface area contributed by atoms with E-state index >= 15 is 0 Å². The number of nitrogens with zero attached hydrogens (tertiary/aromatic N) is 3. The molecule has 192 valence electrons. The number of carboxylic acids is 1. The van der Waals surface area contributed by atoms with E-state index in [1.54, 1.807) is 17.0 Å². The van der Waals surface area contributed by atoms with Crippen LogP contribution in [-0.4, -0.2) is 74.2 Å². The average Bonchev–Trinajstić information content (AvgIpc) is 2.82. The van der Waals surface area contributed by atoms with Crippen LogP contribution >= 0.6 is 11.6 Å². The van der Waals surface area contributed by atoms with E-state index in [1.165, 1.54) is 6.20 Å². The standard InChI is InChI=1S/C18H21ClN4O4S.C2HF3O2/c19-17-16(7-4-8-21-17)23(28(25)26)12-15-11-22(10-9-20-15)18(24)27-13-14-5-2-1-3-6-14;3-2(4,5)1(6)7/h1-8,15,20H,9-13H2,(H,25,26);(H,6,7)/p-1. The van der Waals surface area contributed by atoms with Crippen LogP contribution < -0.4 is 9.62 Å². The fourth-order valence-electron chi connectivity index (χ4n) is 2.93. The van der Waals surface area contributed by atoms with E-state index in [4.69, 9.17) is 26.2 Å². The number of hydrogen-bond acceptors (Lipinski definition) is 7. The Balaban J connectivity index is 0.000000540. The van der Waals surface area contributed by atoms with Gasteiger partial charge in [-0.3, -0.25) is 8.51 Å². The van der Waals surface area contributed by atoms with Crippen molar-refractivity contribution in [2.24, 2.45) is 0 Å². The lowest BCUT2D eigenvalue weighted by Crippen LogP contribution is -2.56.